The highest BCUT2D eigenvalue weighted by Gasteiger charge is 2.29. The van der Waals surface area contributed by atoms with E-state index in [-0.39, 0.29) is 23.0 Å². The van der Waals surface area contributed by atoms with E-state index in [0.717, 1.165) is 4.57 Å². The summed E-state index contributed by atoms with van der Waals surface area (Å²) in [5.74, 6) is -0.484. The number of nitrogens with one attached hydrogen (secondary N) is 1. The van der Waals surface area contributed by atoms with E-state index in [0.29, 0.717) is 0 Å². The third kappa shape index (κ3) is 4.43. The Balaban J connectivity index is 2.20. The van der Waals surface area contributed by atoms with Crippen LogP contribution in [-0.4, -0.2) is 53.6 Å². The molecule has 0 bridgehead atoms. The second kappa shape index (κ2) is 7.11. The molecule has 0 saturated carbocycles. The minimum Gasteiger partial charge on any atom is -0.345 e. The van der Waals surface area contributed by atoms with Crippen LogP contribution in [0.15, 0.2) is 29.6 Å². The first-order valence-corrected chi connectivity index (χ1v) is 8.85. The predicted molar refractivity (Wildman–Crippen MR) is 85.7 cm³/mol. The average molecular weight is 393 g/mol. The van der Waals surface area contributed by atoms with E-state index in [9.17, 15) is 26.4 Å². The number of halogens is 3. The maximum absolute atomic E-state index is 12.6. The summed E-state index contributed by atoms with van der Waals surface area (Å²) in [4.78, 5) is 17.5. The molecule has 0 aliphatic rings. The van der Waals surface area contributed by atoms with E-state index in [1.165, 1.54) is 55.3 Å². The Morgan fingerprint density at radius 1 is 1.38 bits per heavy atom. The zero-order chi connectivity index (χ0) is 19.7. The first-order valence-electron chi connectivity index (χ1n) is 7.37. The molecular weight excluding hydrogens is 375 g/mol. The lowest BCUT2D eigenvalue weighted by molar-refractivity contribution is -0.141. The van der Waals surface area contributed by atoms with E-state index >= 15 is 0 Å². The van der Waals surface area contributed by atoms with Gasteiger partial charge in [-0.3, -0.25) is 4.79 Å². The molecule has 2 aromatic heterocycles. The molecule has 26 heavy (non-hydrogen) atoms. The van der Waals surface area contributed by atoms with Crippen molar-refractivity contribution in [3.63, 3.8) is 0 Å². The molecule has 2 heterocycles. The SMILES string of the molecule is CNS(=O)(=O)c1cc(C(=O)N(C)Cc2nccn2CC(F)(F)F)n(C)c1. The molecule has 0 aliphatic carbocycles. The fourth-order valence-electron chi connectivity index (χ4n) is 2.32. The molecule has 1 amide bonds. The minimum atomic E-state index is -4.41. The van der Waals surface area contributed by atoms with Gasteiger partial charge in [0, 0.05) is 32.7 Å². The monoisotopic (exact) mass is 393 g/mol. The quantitative estimate of drug-likeness (QED) is 0.792. The van der Waals surface area contributed by atoms with E-state index in [2.05, 4.69) is 9.71 Å². The summed E-state index contributed by atoms with van der Waals surface area (Å²) in [6.07, 6.45) is -0.731. The maximum Gasteiger partial charge on any atom is 0.406 e. The van der Waals surface area contributed by atoms with Gasteiger partial charge in [-0.2, -0.15) is 13.2 Å². The zero-order valence-corrected chi connectivity index (χ0v) is 15.1. The first kappa shape index (κ1) is 20.0. The van der Waals surface area contributed by atoms with Crippen LogP contribution < -0.4 is 4.72 Å². The number of nitrogens with zero attached hydrogens (tertiary/aromatic N) is 4. The molecular formula is C14H18F3N5O3S. The van der Waals surface area contributed by atoms with Gasteiger partial charge < -0.3 is 14.0 Å². The van der Waals surface area contributed by atoms with Crippen LogP contribution in [-0.2, 0) is 30.2 Å². The molecule has 0 fully saturated rings. The van der Waals surface area contributed by atoms with Crippen LogP contribution in [0.5, 0.6) is 0 Å². The van der Waals surface area contributed by atoms with Crippen molar-refractivity contribution in [2.45, 2.75) is 24.2 Å². The molecule has 0 aromatic carbocycles. The summed E-state index contributed by atoms with van der Waals surface area (Å²) in [5, 5.41) is 0. The Bertz CT molecular complexity index is 901. The van der Waals surface area contributed by atoms with Crippen LogP contribution in [0.25, 0.3) is 0 Å². The second-order valence-electron chi connectivity index (χ2n) is 5.63. The number of aryl methyl sites for hydroxylation is 1. The van der Waals surface area contributed by atoms with Crippen molar-refractivity contribution >= 4 is 15.9 Å². The van der Waals surface area contributed by atoms with Crippen LogP contribution in [0, 0.1) is 0 Å². The molecule has 8 nitrogen and oxygen atoms in total. The van der Waals surface area contributed by atoms with Gasteiger partial charge in [0.1, 0.15) is 23.0 Å². The molecule has 0 radical (unpaired) electrons. The molecule has 0 atom stereocenters. The van der Waals surface area contributed by atoms with Crippen molar-refractivity contribution in [1.29, 1.82) is 0 Å². The number of carbonyl (C=O) groups is 1. The summed E-state index contributed by atoms with van der Waals surface area (Å²) >= 11 is 0. The Kier molecular flexibility index (Phi) is 5.47. The molecule has 0 aliphatic heterocycles. The van der Waals surface area contributed by atoms with Crippen molar-refractivity contribution in [3.8, 4) is 0 Å². The van der Waals surface area contributed by atoms with Gasteiger partial charge in [-0.15, -0.1) is 0 Å². The number of hydrogen-bond donors (Lipinski definition) is 1. The lowest BCUT2D eigenvalue weighted by atomic mass is 10.3. The average Bonchev–Trinajstić information content (AvgIpc) is 3.12. The summed E-state index contributed by atoms with van der Waals surface area (Å²) in [5.41, 5.74) is 0.0789. The summed E-state index contributed by atoms with van der Waals surface area (Å²) in [6, 6.07) is 1.20. The first-order chi connectivity index (χ1) is 11.9. The number of rotatable bonds is 6. The molecule has 1 N–H and O–H groups in total. The Morgan fingerprint density at radius 3 is 2.62 bits per heavy atom. The molecule has 0 saturated heterocycles. The number of alkyl halides is 3. The number of carbonyl (C=O) groups excluding carboxylic acids is 1. The highest BCUT2D eigenvalue weighted by Crippen LogP contribution is 2.19. The van der Waals surface area contributed by atoms with E-state index in [4.69, 9.17) is 0 Å². The number of amides is 1. The van der Waals surface area contributed by atoms with Gasteiger partial charge in [0.2, 0.25) is 10.0 Å². The second-order valence-corrected chi connectivity index (χ2v) is 7.51. The van der Waals surface area contributed by atoms with Crippen molar-refractivity contribution in [3.05, 3.63) is 36.2 Å². The minimum absolute atomic E-state index is 0.0652. The van der Waals surface area contributed by atoms with Gasteiger partial charge in [-0.25, -0.2) is 18.1 Å². The van der Waals surface area contributed by atoms with Crippen molar-refractivity contribution in [1.82, 2.24) is 23.7 Å². The van der Waals surface area contributed by atoms with Gasteiger partial charge in [-0.1, -0.05) is 0 Å². The van der Waals surface area contributed by atoms with Crippen molar-refractivity contribution < 1.29 is 26.4 Å². The lowest BCUT2D eigenvalue weighted by Crippen LogP contribution is -2.30. The van der Waals surface area contributed by atoms with Gasteiger partial charge in [0.05, 0.1) is 6.54 Å². The highest BCUT2D eigenvalue weighted by atomic mass is 32.2. The number of imidazole rings is 1. The number of sulfonamides is 1. The lowest BCUT2D eigenvalue weighted by Gasteiger charge is -2.18. The maximum atomic E-state index is 12.6. The smallest absolute Gasteiger partial charge is 0.345 e. The van der Waals surface area contributed by atoms with Gasteiger partial charge in [0.25, 0.3) is 5.91 Å². The van der Waals surface area contributed by atoms with E-state index in [1.54, 1.807) is 0 Å². The Hall–Kier alpha value is -2.34. The van der Waals surface area contributed by atoms with Crippen LogP contribution in [0.1, 0.15) is 16.3 Å². The summed E-state index contributed by atoms with van der Waals surface area (Å²) in [7, 11) is 0.425. The van der Waals surface area contributed by atoms with Crippen LogP contribution >= 0.6 is 0 Å². The molecule has 144 valence electrons. The van der Waals surface area contributed by atoms with Crippen LogP contribution in [0.4, 0.5) is 13.2 Å². The standard InChI is InChI=1S/C14H18F3N5O3S/c1-18-26(24,25)10-6-11(20(2)7-10)13(23)21(3)8-12-19-4-5-22(12)9-14(15,16)17/h4-7,18H,8-9H2,1-3H3. The molecule has 0 unspecified atom stereocenters. The molecule has 2 aromatic rings. The summed E-state index contributed by atoms with van der Waals surface area (Å²) in [6.45, 7) is -1.37. The third-order valence-corrected chi connectivity index (χ3v) is 5.04. The number of aromatic nitrogens is 3. The largest absolute Gasteiger partial charge is 0.406 e. The number of hydrogen-bond acceptors (Lipinski definition) is 4. The van der Waals surface area contributed by atoms with Crippen molar-refractivity contribution in [2.75, 3.05) is 14.1 Å². The van der Waals surface area contributed by atoms with Crippen molar-refractivity contribution in [2.24, 2.45) is 7.05 Å². The topological polar surface area (TPSA) is 89.2 Å². The Labute approximate surface area is 148 Å². The molecule has 2 rings (SSSR count). The normalized spacial score (nSPS) is 12.4. The van der Waals surface area contributed by atoms with E-state index in [1.807, 2.05) is 0 Å². The van der Waals surface area contributed by atoms with Gasteiger partial charge in [-0.05, 0) is 13.1 Å². The van der Waals surface area contributed by atoms with Gasteiger partial charge >= 0.3 is 6.18 Å². The zero-order valence-electron chi connectivity index (χ0n) is 14.3. The molecule has 0 spiro atoms. The predicted octanol–water partition coefficient (Wildman–Crippen LogP) is 0.964. The van der Waals surface area contributed by atoms with Crippen LogP contribution in [0.2, 0.25) is 0 Å². The highest BCUT2D eigenvalue weighted by molar-refractivity contribution is 7.89. The fourth-order valence-corrected chi connectivity index (χ4v) is 3.12. The molecule has 12 heteroatoms. The van der Waals surface area contributed by atoms with Crippen LogP contribution in [0.3, 0.4) is 0 Å². The summed E-state index contributed by atoms with van der Waals surface area (Å²) < 4.78 is 65.7. The third-order valence-electron chi connectivity index (χ3n) is 3.65. The fraction of sp³-hybridized carbons (Fsp3) is 0.429. The Morgan fingerprint density at radius 2 is 2.04 bits per heavy atom. The van der Waals surface area contributed by atoms with Gasteiger partial charge in [0.15, 0.2) is 0 Å². The van der Waals surface area contributed by atoms with E-state index < -0.39 is 28.7 Å².